The maximum atomic E-state index is 13.9. The van der Waals surface area contributed by atoms with E-state index in [1.165, 1.54) is 22.8 Å². The first kappa shape index (κ1) is 16.5. The van der Waals surface area contributed by atoms with E-state index in [0.717, 1.165) is 12.8 Å². The Hall–Kier alpha value is -0.860. The van der Waals surface area contributed by atoms with Gasteiger partial charge >= 0.3 is 0 Å². The Balaban J connectivity index is 2.33. The van der Waals surface area contributed by atoms with E-state index in [1.54, 1.807) is 12.1 Å². The summed E-state index contributed by atoms with van der Waals surface area (Å²) in [6.07, 6.45) is 2.51. The molecule has 2 aromatic rings. The normalized spacial score (nSPS) is 12.4. The molecule has 0 fully saturated rings. The third kappa shape index (κ3) is 3.87. The molecule has 0 aliphatic rings. The molecular formula is C18H19BrClF. The predicted octanol–water partition coefficient (Wildman–Crippen LogP) is 6.28. The summed E-state index contributed by atoms with van der Waals surface area (Å²) in [7, 11) is 0. The average molecular weight is 370 g/mol. The van der Waals surface area contributed by atoms with Crippen LogP contribution < -0.4 is 0 Å². The number of alkyl halides is 1. The molecule has 0 saturated carbocycles. The summed E-state index contributed by atoms with van der Waals surface area (Å²) in [6.45, 7) is 4.28. The Bertz CT molecular complexity index is 604. The zero-order chi connectivity index (χ0) is 15.4. The molecule has 1 unspecified atom stereocenters. The lowest BCUT2D eigenvalue weighted by atomic mass is 9.95. The van der Waals surface area contributed by atoms with Crippen molar-refractivity contribution in [3.63, 3.8) is 0 Å². The van der Waals surface area contributed by atoms with Crippen molar-refractivity contribution < 1.29 is 4.39 Å². The minimum atomic E-state index is -0.239. The van der Waals surface area contributed by atoms with Crippen LogP contribution in [0.3, 0.4) is 0 Å². The molecule has 0 heterocycles. The molecule has 0 spiro atoms. The van der Waals surface area contributed by atoms with Crippen LogP contribution in [0.4, 0.5) is 4.39 Å². The van der Waals surface area contributed by atoms with Crippen molar-refractivity contribution in [1.82, 2.24) is 0 Å². The van der Waals surface area contributed by atoms with Crippen molar-refractivity contribution in [1.29, 1.82) is 0 Å². The Kier molecular flexibility index (Phi) is 5.83. The number of aryl methyl sites for hydroxylation is 2. The maximum absolute atomic E-state index is 13.9. The number of hydrogen-bond donors (Lipinski definition) is 0. The van der Waals surface area contributed by atoms with Crippen LogP contribution in [0.5, 0.6) is 0 Å². The molecule has 0 radical (unpaired) electrons. The Labute approximate surface area is 139 Å². The summed E-state index contributed by atoms with van der Waals surface area (Å²) in [5, 5.41) is 0.490. The molecule has 0 aliphatic heterocycles. The molecular weight excluding hydrogens is 351 g/mol. The van der Waals surface area contributed by atoms with Gasteiger partial charge in [-0.3, -0.25) is 0 Å². The molecule has 0 N–H and O–H groups in total. The van der Waals surface area contributed by atoms with Crippen LogP contribution in [0, 0.1) is 5.82 Å². The first-order valence-electron chi connectivity index (χ1n) is 7.25. The van der Waals surface area contributed by atoms with E-state index in [2.05, 4.69) is 48.0 Å². The van der Waals surface area contributed by atoms with Crippen molar-refractivity contribution in [3.05, 3.63) is 69.5 Å². The number of benzene rings is 2. The van der Waals surface area contributed by atoms with Crippen LogP contribution in [0.15, 0.2) is 36.4 Å². The SMILES string of the molecule is CCc1ccc(CC)c(C(Br)Cc2c(F)cccc2Cl)c1. The number of hydrogen-bond acceptors (Lipinski definition) is 0. The molecule has 0 amide bonds. The summed E-state index contributed by atoms with van der Waals surface area (Å²) < 4.78 is 13.9. The van der Waals surface area contributed by atoms with Gasteiger partial charge in [-0.05, 0) is 48.1 Å². The summed E-state index contributed by atoms with van der Waals surface area (Å²) >= 11 is 9.85. The predicted molar refractivity (Wildman–Crippen MR) is 92.0 cm³/mol. The summed E-state index contributed by atoms with van der Waals surface area (Å²) in [6, 6.07) is 11.4. The Morgan fingerprint density at radius 3 is 2.52 bits per heavy atom. The molecule has 112 valence electrons. The Morgan fingerprint density at radius 1 is 1.14 bits per heavy atom. The minimum Gasteiger partial charge on any atom is -0.207 e. The lowest BCUT2D eigenvalue weighted by Crippen LogP contribution is -2.03. The van der Waals surface area contributed by atoms with Gasteiger partial charge in [0, 0.05) is 15.4 Å². The van der Waals surface area contributed by atoms with Gasteiger partial charge in [0.25, 0.3) is 0 Å². The van der Waals surface area contributed by atoms with Gasteiger partial charge in [-0.1, -0.05) is 65.6 Å². The fourth-order valence-electron chi connectivity index (χ4n) is 2.49. The van der Waals surface area contributed by atoms with Crippen molar-refractivity contribution >= 4 is 27.5 Å². The van der Waals surface area contributed by atoms with E-state index in [-0.39, 0.29) is 10.6 Å². The number of halogens is 3. The van der Waals surface area contributed by atoms with Crippen molar-refractivity contribution in [3.8, 4) is 0 Å². The van der Waals surface area contributed by atoms with Gasteiger partial charge in [-0.25, -0.2) is 4.39 Å². The van der Waals surface area contributed by atoms with E-state index >= 15 is 0 Å². The van der Waals surface area contributed by atoms with E-state index in [9.17, 15) is 4.39 Å². The molecule has 1 atom stereocenters. The quantitative estimate of drug-likeness (QED) is 0.544. The van der Waals surface area contributed by atoms with Gasteiger partial charge in [0.15, 0.2) is 0 Å². The minimum absolute atomic E-state index is 0.0633. The zero-order valence-corrected chi connectivity index (χ0v) is 14.6. The van der Waals surface area contributed by atoms with Gasteiger partial charge < -0.3 is 0 Å². The first-order chi connectivity index (χ1) is 10.1. The van der Waals surface area contributed by atoms with E-state index in [1.807, 2.05) is 0 Å². The summed E-state index contributed by atoms with van der Waals surface area (Å²) in [4.78, 5) is 0.0633. The van der Waals surface area contributed by atoms with Gasteiger partial charge in [0.2, 0.25) is 0 Å². The molecule has 0 aliphatic carbocycles. The molecule has 0 bridgehead atoms. The molecule has 3 heteroatoms. The highest BCUT2D eigenvalue weighted by Crippen LogP contribution is 2.33. The first-order valence-corrected chi connectivity index (χ1v) is 8.54. The zero-order valence-electron chi connectivity index (χ0n) is 12.3. The highest BCUT2D eigenvalue weighted by Gasteiger charge is 2.17. The highest BCUT2D eigenvalue weighted by atomic mass is 79.9. The topological polar surface area (TPSA) is 0 Å². The third-order valence-electron chi connectivity index (χ3n) is 3.78. The van der Waals surface area contributed by atoms with Crippen molar-refractivity contribution in [2.45, 2.75) is 37.9 Å². The molecule has 2 aromatic carbocycles. The molecule has 2 rings (SSSR count). The lowest BCUT2D eigenvalue weighted by Gasteiger charge is -2.17. The lowest BCUT2D eigenvalue weighted by molar-refractivity contribution is 0.608. The smallest absolute Gasteiger partial charge is 0.127 e. The van der Waals surface area contributed by atoms with E-state index in [0.29, 0.717) is 17.0 Å². The molecule has 0 aromatic heterocycles. The van der Waals surface area contributed by atoms with Crippen LogP contribution in [-0.4, -0.2) is 0 Å². The monoisotopic (exact) mass is 368 g/mol. The highest BCUT2D eigenvalue weighted by molar-refractivity contribution is 9.09. The fourth-order valence-corrected chi connectivity index (χ4v) is 3.48. The Morgan fingerprint density at radius 2 is 1.90 bits per heavy atom. The average Bonchev–Trinajstić information content (AvgIpc) is 2.50. The summed E-state index contributed by atoms with van der Waals surface area (Å²) in [5.41, 5.74) is 4.40. The van der Waals surface area contributed by atoms with Gasteiger partial charge in [0.1, 0.15) is 5.82 Å². The van der Waals surface area contributed by atoms with Crippen molar-refractivity contribution in [2.24, 2.45) is 0 Å². The molecule has 21 heavy (non-hydrogen) atoms. The van der Waals surface area contributed by atoms with Crippen LogP contribution in [0.1, 0.15) is 40.9 Å². The van der Waals surface area contributed by atoms with Crippen LogP contribution in [0.25, 0.3) is 0 Å². The largest absolute Gasteiger partial charge is 0.207 e. The van der Waals surface area contributed by atoms with E-state index < -0.39 is 0 Å². The second kappa shape index (κ2) is 7.42. The van der Waals surface area contributed by atoms with Gasteiger partial charge in [-0.15, -0.1) is 0 Å². The standard InChI is InChI=1S/C18H19BrClF/c1-3-12-8-9-13(4-2)14(10-12)16(19)11-15-17(20)6-5-7-18(15)21/h5-10,16H,3-4,11H2,1-2H3. The molecule has 0 nitrogen and oxygen atoms in total. The van der Waals surface area contributed by atoms with E-state index in [4.69, 9.17) is 11.6 Å². The van der Waals surface area contributed by atoms with Crippen LogP contribution in [0.2, 0.25) is 5.02 Å². The fraction of sp³-hybridized carbons (Fsp3) is 0.333. The van der Waals surface area contributed by atoms with Crippen molar-refractivity contribution in [2.75, 3.05) is 0 Å². The number of rotatable bonds is 5. The maximum Gasteiger partial charge on any atom is 0.127 e. The third-order valence-corrected chi connectivity index (χ3v) is 4.95. The van der Waals surface area contributed by atoms with Gasteiger partial charge in [-0.2, -0.15) is 0 Å². The van der Waals surface area contributed by atoms with Crippen LogP contribution in [-0.2, 0) is 19.3 Å². The second-order valence-corrected chi connectivity index (χ2v) is 6.62. The van der Waals surface area contributed by atoms with Crippen LogP contribution >= 0.6 is 27.5 Å². The molecule has 0 saturated heterocycles. The summed E-state index contributed by atoms with van der Waals surface area (Å²) in [5.74, 6) is -0.239. The second-order valence-electron chi connectivity index (χ2n) is 5.11. The van der Waals surface area contributed by atoms with Gasteiger partial charge in [0.05, 0.1) is 0 Å².